The maximum atomic E-state index is 8.93. The Morgan fingerprint density at radius 1 is 0.893 bits per heavy atom. The number of rotatable bonds is 5. The molecule has 0 aliphatic carbocycles. The summed E-state index contributed by atoms with van der Waals surface area (Å²) in [6, 6.07) is 26.8. The number of halogens is 1. The van der Waals surface area contributed by atoms with Crippen molar-refractivity contribution in [1.82, 2.24) is 9.55 Å². The third-order valence-corrected chi connectivity index (χ3v) is 5.45. The van der Waals surface area contributed by atoms with E-state index in [0.717, 1.165) is 23.1 Å². The van der Waals surface area contributed by atoms with E-state index in [2.05, 4.69) is 74.0 Å². The van der Waals surface area contributed by atoms with Gasteiger partial charge in [-0.1, -0.05) is 70.5 Å². The van der Waals surface area contributed by atoms with Crippen LogP contribution in [0, 0.1) is 11.3 Å². The lowest BCUT2D eigenvalue weighted by Gasteiger charge is -2.10. The molecule has 1 aromatic heterocycles. The summed E-state index contributed by atoms with van der Waals surface area (Å²) in [5, 5.41) is 8.93. The number of nitriles is 1. The molecule has 3 aromatic carbocycles. The van der Waals surface area contributed by atoms with Gasteiger partial charge in [0, 0.05) is 29.3 Å². The van der Waals surface area contributed by atoms with Crippen LogP contribution in [0.2, 0.25) is 0 Å². The van der Waals surface area contributed by atoms with Crippen LogP contribution in [0.5, 0.6) is 0 Å². The van der Waals surface area contributed by atoms with Crippen molar-refractivity contribution in [1.29, 1.82) is 5.26 Å². The Morgan fingerprint density at radius 2 is 1.61 bits per heavy atom. The molecular formula is C24H18BrN3. The molecule has 4 aromatic rings. The van der Waals surface area contributed by atoms with Crippen LogP contribution in [0.25, 0.3) is 11.1 Å². The maximum absolute atomic E-state index is 8.93. The summed E-state index contributed by atoms with van der Waals surface area (Å²) < 4.78 is 3.27. The standard InChI is InChI=1S/C24H18BrN3/c25-24-4-2-1-3-23(24)21-11-9-20(10-12-21)16-28-17-27-15-22(28)13-18-5-7-19(14-26)8-6-18/h1-12,15,17H,13,16H2. The van der Waals surface area contributed by atoms with Crippen molar-refractivity contribution in [2.45, 2.75) is 13.0 Å². The molecule has 4 heteroatoms. The van der Waals surface area contributed by atoms with Gasteiger partial charge in [0.2, 0.25) is 0 Å². The number of benzene rings is 3. The third kappa shape index (κ3) is 4.05. The molecule has 0 N–H and O–H groups in total. The lowest BCUT2D eigenvalue weighted by molar-refractivity contribution is 0.753. The largest absolute Gasteiger partial charge is 0.330 e. The van der Waals surface area contributed by atoms with Crippen molar-refractivity contribution in [3.05, 3.63) is 112 Å². The highest BCUT2D eigenvalue weighted by Gasteiger charge is 2.06. The van der Waals surface area contributed by atoms with Gasteiger partial charge in [0.15, 0.2) is 0 Å². The van der Waals surface area contributed by atoms with Crippen molar-refractivity contribution in [3.8, 4) is 17.2 Å². The van der Waals surface area contributed by atoms with E-state index in [1.54, 1.807) is 0 Å². The lowest BCUT2D eigenvalue weighted by Crippen LogP contribution is -2.04. The highest BCUT2D eigenvalue weighted by molar-refractivity contribution is 9.10. The number of nitrogens with zero attached hydrogens (tertiary/aromatic N) is 3. The Balaban J connectivity index is 1.50. The van der Waals surface area contributed by atoms with Crippen LogP contribution in [0.3, 0.4) is 0 Å². The van der Waals surface area contributed by atoms with Crippen molar-refractivity contribution in [2.75, 3.05) is 0 Å². The molecule has 0 spiro atoms. The van der Waals surface area contributed by atoms with Gasteiger partial charge in [0.1, 0.15) is 0 Å². The second-order valence-corrected chi connectivity index (χ2v) is 7.53. The van der Waals surface area contributed by atoms with Gasteiger partial charge in [-0.05, 0) is 40.5 Å². The zero-order chi connectivity index (χ0) is 19.3. The van der Waals surface area contributed by atoms with Gasteiger partial charge in [-0.25, -0.2) is 4.98 Å². The second-order valence-electron chi connectivity index (χ2n) is 6.68. The topological polar surface area (TPSA) is 41.6 Å². The van der Waals surface area contributed by atoms with Gasteiger partial charge >= 0.3 is 0 Å². The van der Waals surface area contributed by atoms with Crippen LogP contribution in [0.1, 0.15) is 22.4 Å². The molecule has 0 bridgehead atoms. The zero-order valence-electron chi connectivity index (χ0n) is 15.2. The molecule has 0 aliphatic heterocycles. The summed E-state index contributed by atoms with van der Waals surface area (Å²) in [6.45, 7) is 0.780. The minimum Gasteiger partial charge on any atom is -0.330 e. The van der Waals surface area contributed by atoms with E-state index < -0.39 is 0 Å². The monoisotopic (exact) mass is 427 g/mol. The average Bonchev–Trinajstić information content (AvgIpc) is 3.16. The van der Waals surface area contributed by atoms with Gasteiger partial charge in [0.05, 0.1) is 18.0 Å². The first-order valence-corrected chi connectivity index (χ1v) is 9.84. The van der Waals surface area contributed by atoms with E-state index in [1.807, 2.05) is 42.9 Å². The summed E-state index contributed by atoms with van der Waals surface area (Å²) in [7, 11) is 0. The fraction of sp³-hybridized carbons (Fsp3) is 0.0833. The van der Waals surface area contributed by atoms with E-state index in [0.29, 0.717) is 5.56 Å². The van der Waals surface area contributed by atoms with Gasteiger partial charge in [0.25, 0.3) is 0 Å². The van der Waals surface area contributed by atoms with E-state index >= 15 is 0 Å². The van der Waals surface area contributed by atoms with Gasteiger partial charge in [-0.3, -0.25) is 0 Å². The molecule has 0 fully saturated rings. The molecule has 0 saturated carbocycles. The first-order chi connectivity index (χ1) is 13.7. The molecule has 4 rings (SSSR count). The number of aromatic nitrogens is 2. The highest BCUT2D eigenvalue weighted by Crippen LogP contribution is 2.28. The summed E-state index contributed by atoms with van der Waals surface area (Å²) in [5.41, 5.74) is 6.62. The maximum Gasteiger partial charge on any atom is 0.0991 e. The van der Waals surface area contributed by atoms with E-state index in [-0.39, 0.29) is 0 Å². The summed E-state index contributed by atoms with van der Waals surface area (Å²) in [5.74, 6) is 0. The SMILES string of the molecule is N#Cc1ccc(Cc2cncn2Cc2ccc(-c3ccccc3Br)cc2)cc1. The molecule has 0 radical (unpaired) electrons. The minimum atomic E-state index is 0.683. The summed E-state index contributed by atoms with van der Waals surface area (Å²) in [4.78, 5) is 4.33. The number of imidazole rings is 1. The van der Waals surface area contributed by atoms with E-state index in [4.69, 9.17) is 5.26 Å². The summed E-state index contributed by atoms with van der Waals surface area (Å²) >= 11 is 3.62. The molecule has 0 aliphatic rings. The third-order valence-electron chi connectivity index (χ3n) is 4.76. The fourth-order valence-electron chi connectivity index (χ4n) is 3.23. The van der Waals surface area contributed by atoms with Crippen LogP contribution < -0.4 is 0 Å². The molecule has 3 nitrogen and oxygen atoms in total. The van der Waals surface area contributed by atoms with Crippen molar-refractivity contribution >= 4 is 15.9 Å². The van der Waals surface area contributed by atoms with Crippen molar-refractivity contribution in [2.24, 2.45) is 0 Å². The Kier molecular flexibility index (Phi) is 5.36. The molecule has 0 amide bonds. The Morgan fingerprint density at radius 3 is 2.32 bits per heavy atom. The molecule has 0 saturated heterocycles. The molecule has 1 heterocycles. The highest BCUT2D eigenvalue weighted by atomic mass is 79.9. The van der Waals surface area contributed by atoms with Gasteiger partial charge in [-0.2, -0.15) is 5.26 Å². The Hall–Kier alpha value is -3.16. The van der Waals surface area contributed by atoms with Crippen LogP contribution >= 0.6 is 15.9 Å². The van der Waals surface area contributed by atoms with Crippen LogP contribution in [-0.2, 0) is 13.0 Å². The predicted molar refractivity (Wildman–Crippen MR) is 115 cm³/mol. The first kappa shape index (κ1) is 18.2. The fourth-order valence-corrected chi connectivity index (χ4v) is 3.74. The average molecular weight is 428 g/mol. The van der Waals surface area contributed by atoms with Gasteiger partial charge in [-0.15, -0.1) is 0 Å². The summed E-state index contributed by atoms with van der Waals surface area (Å²) in [6.07, 6.45) is 4.58. The smallest absolute Gasteiger partial charge is 0.0991 e. The van der Waals surface area contributed by atoms with Crippen LogP contribution in [0.4, 0.5) is 0 Å². The molecule has 0 unspecified atom stereocenters. The molecule has 0 atom stereocenters. The Bertz CT molecular complexity index is 1120. The predicted octanol–water partition coefficient (Wildman–Crippen LogP) is 5.82. The van der Waals surface area contributed by atoms with Crippen molar-refractivity contribution < 1.29 is 0 Å². The van der Waals surface area contributed by atoms with E-state index in [9.17, 15) is 0 Å². The van der Waals surface area contributed by atoms with Crippen molar-refractivity contribution in [3.63, 3.8) is 0 Å². The number of hydrogen-bond donors (Lipinski definition) is 0. The van der Waals surface area contributed by atoms with Crippen LogP contribution in [0.15, 0.2) is 89.8 Å². The molecule has 136 valence electrons. The normalized spacial score (nSPS) is 10.6. The Labute approximate surface area is 173 Å². The molecule has 28 heavy (non-hydrogen) atoms. The second kappa shape index (κ2) is 8.24. The van der Waals surface area contributed by atoms with E-state index in [1.165, 1.54) is 22.3 Å². The molecular weight excluding hydrogens is 410 g/mol. The quantitative estimate of drug-likeness (QED) is 0.402. The zero-order valence-corrected chi connectivity index (χ0v) is 16.8. The lowest BCUT2D eigenvalue weighted by atomic mass is 10.0. The first-order valence-electron chi connectivity index (χ1n) is 9.05. The minimum absolute atomic E-state index is 0.683. The van der Waals surface area contributed by atoms with Gasteiger partial charge < -0.3 is 4.57 Å². The van der Waals surface area contributed by atoms with Crippen LogP contribution in [-0.4, -0.2) is 9.55 Å². The number of hydrogen-bond acceptors (Lipinski definition) is 2.